The molecule has 4 rings (SSSR count). The molecule has 0 aliphatic carbocycles. The fourth-order valence-electron chi connectivity index (χ4n) is 3.44. The molecule has 1 heterocycles. The zero-order valence-corrected chi connectivity index (χ0v) is 20.7. The third-order valence-electron chi connectivity index (χ3n) is 5.30. The second kappa shape index (κ2) is 12.0. The van der Waals surface area contributed by atoms with E-state index in [1.807, 2.05) is 54.0 Å². The molecule has 36 heavy (non-hydrogen) atoms. The van der Waals surface area contributed by atoms with Gasteiger partial charge in [-0.15, -0.1) is 16.8 Å². The van der Waals surface area contributed by atoms with Crippen molar-refractivity contribution in [1.29, 1.82) is 0 Å². The van der Waals surface area contributed by atoms with Crippen molar-refractivity contribution in [3.05, 3.63) is 114 Å². The van der Waals surface area contributed by atoms with Gasteiger partial charge in [0.1, 0.15) is 12.4 Å². The summed E-state index contributed by atoms with van der Waals surface area (Å²) >= 11 is 1.31. The number of nitrogens with zero attached hydrogens (tertiary/aromatic N) is 3. The average Bonchev–Trinajstić information content (AvgIpc) is 3.28. The summed E-state index contributed by atoms with van der Waals surface area (Å²) in [5.74, 6) is 1.37. The first-order valence-electron chi connectivity index (χ1n) is 11.4. The second-order valence-electron chi connectivity index (χ2n) is 8.01. The Bertz CT molecular complexity index is 1350. The first kappa shape index (κ1) is 24.9. The van der Waals surface area contributed by atoms with Crippen molar-refractivity contribution in [3.63, 3.8) is 0 Å². The van der Waals surface area contributed by atoms with E-state index in [4.69, 9.17) is 4.74 Å². The molecule has 0 atom stereocenters. The first-order valence-corrected chi connectivity index (χ1v) is 12.4. The maximum absolute atomic E-state index is 12.8. The molecule has 0 aliphatic heterocycles. The number of hydrogen-bond donors (Lipinski definition) is 1. The largest absolute Gasteiger partial charge is 0.486 e. The van der Waals surface area contributed by atoms with Crippen LogP contribution in [0.2, 0.25) is 0 Å². The highest BCUT2D eigenvalue weighted by Gasteiger charge is 2.15. The number of allylic oxidation sites excluding steroid dienone is 1. The summed E-state index contributed by atoms with van der Waals surface area (Å²) in [5.41, 5.74) is 2.86. The maximum Gasteiger partial charge on any atom is 0.255 e. The van der Waals surface area contributed by atoms with E-state index in [0.29, 0.717) is 34.3 Å². The van der Waals surface area contributed by atoms with Crippen LogP contribution in [0, 0.1) is 6.92 Å². The smallest absolute Gasteiger partial charge is 0.255 e. The topological polar surface area (TPSA) is 86.1 Å². The van der Waals surface area contributed by atoms with Gasteiger partial charge in [0.25, 0.3) is 5.91 Å². The highest BCUT2D eigenvalue weighted by molar-refractivity contribution is 7.99. The third-order valence-corrected chi connectivity index (χ3v) is 6.26. The van der Waals surface area contributed by atoms with E-state index in [1.54, 1.807) is 42.5 Å². The molecule has 7 nitrogen and oxygen atoms in total. The van der Waals surface area contributed by atoms with Crippen molar-refractivity contribution in [2.24, 2.45) is 0 Å². The Balaban J connectivity index is 1.35. The van der Waals surface area contributed by atoms with Crippen molar-refractivity contribution in [3.8, 4) is 5.75 Å². The molecule has 0 fully saturated rings. The molecule has 0 aliphatic rings. The van der Waals surface area contributed by atoms with Crippen LogP contribution in [0.5, 0.6) is 5.75 Å². The minimum atomic E-state index is -0.200. The molecule has 1 amide bonds. The summed E-state index contributed by atoms with van der Waals surface area (Å²) in [6.45, 7) is 6.59. The lowest BCUT2D eigenvalue weighted by molar-refractivity contribution is 0.101. The number of carbonyl (C=O) groups excluding carboxylic acids is 2. The summed E-state index contributed by atoms with van der Waals surface area (Å²) in [7, 11) is 0. The summed E-state index contributed by atoms with van der Waals surface area (Å²) < 4.78 is 7.76. The highest BCUT2D eigenvalue weighted by Crippen LogP contribution is 2.21. The van der Waals surface area contributed by atoms with Crippen LogP contribution in [-0.4, -0.2) is 32.2 Å². The van der Waals surface area contributed by atoms with Crippen molar-refractivity contribution in [1.82, 2.24) is 14.8 Å². The number of hydrogen-bond acceptors (Lipinski definition) is 6. The van der Waals surface area contributed by atoms with Gasteiger partial charge in [0.15, 0.2) is 16.8 Å². The Kier molecular flexibility index (Phi) is 8.31. The number of carbonyl (C=O) groups is 2. The van der Waals surface area contributed by atoms with E-state index in [0.717, 1.165) is 11.3 Å². The van der Waals surface area contributed by atoms with E-state index in [9.17, 15) is 9.59 Å². The Labute approximate surface area is 214 Å². The second-order valence-corrected chi connectivity index (χ2v) is 8.96. The minimum absolute atomic E-state index is 0.0494. The van der Waals surface area contributed by atoms with Crippen LogP contribution in [0.15, 0.2) is 96.7 Å². The molecule has 0 unspecified atom stereocenters. The summed E-state index contributed by atoms with van der Waals surface area (Å²) in [6, 6.07) is 23.6. The molecule has 1 aromatic heterocycles. The number of ketones is 1. The van der Waals surface area contributed by atoms with Crippen LogP contribution in [0.3, 0.4) is 0 Å². The Morgan fingerprint density at radius 1 is 1.00 bits per heavy atom. The van der Waals surface area contributed by atoms with Crippen LogP contribution < -0.4 is 10.1 Å². The Morgan fingerprint density at radius 3 is 2.50 bits per heavy atom. The van der Waals surface area contributed by atoms with Gasteiger partial charge >= 0.3 is 0 Å². The fourth-order valence-corrected chi connectivity index (χ4v) is 4.30. The zero-order chi connectivity index (χ0) is 25.3. The zero-order valence-electron chi connectivity index (χ0n) is 19.9. The number of anilines is 1. The van der Waals surface area contributed by atoms with Gasteiger partial charge < -0.3 is 10.1 Å². The predicted molar refractivity (Wildman–Crippen MR) is 142 cm³/mol. The van der Waals surface area contributed by atoms with Crippen LogP contribution in [0.25, 0.3) is 0 Å². The number of aryl methyl sites for hydroxylation is 1. The predicted octanol–water partition coefficient (Wildman–Crippen LogP) is 5.58. The number of aromatic nitrogens is 3. The minimum Gasteiger partial charge on any atom is -0.486 e. The number of nitrogens with one attached hydrogen (secondary N) is 1. The first-order chi connectivity index (χ1) is 17.5. The van der Waals surface area contributed by atoms with Gasteiger partial charge in [-0.25, -0.2) is 0 Å². The molecule has 182 valence electrons. The monoisotopic (exact) mass is 498 g/mol. The quantitative estimate of drug-likeness (QED) is 0.165. The Hall–Kier alpha value is -4.17. The van der Waals surface area contributed by atoms with Crippen LogP contribution in [0.4, 0.5) is 5.69 Å². The van der Waals surface area contributed by atoms with Crippen LogP contribution in [-0.2, 0) is 13.2 Å². The number of amides is 1. The molecule has 3 aromatic carbocycles. The highest BCUT2D eigenvalue weighted by atomic mass is 32.2. The lowest BCUT2D eigenvalue weighted by Gasteiger charge is -2.09. The number of Topliss-reactive ketones (excluding diaryl/α,β-unsaturated/α-hetero) is 1. The average molecular weight is 499 g/mol. The molecule has 8 heteroatoms. The van der Waals surface area contributed by atoms with Gasteiger partial charge in [0, 0.05) is 23.4 Å². The van der Waals surface area contributed by atoms with Crippen molar-refractivity contribution >= 4 is 29.1 Å². The molecular formula is C28H26N4O3S. The molecule has 0 saturated heterocycles. The lowest BCUT2D eigenvalue weighted by Crippen LogP contribution is -2.12. The van der Waals surface area contributed by atoms with Gasteiger partial charge in [-0.05, 0) is 61.0 Å². The number of thioether (sulfide) groups is 1. The number of ether oxygens (including phenoxy) is 1. The molecular weight excluding hydrogens is 472 g/mol. The SMILES string of the molecule is C=CCn1c(COc2cccc(C)c2)nnc1SCC(=O)c1ccc(NC(=O)c2ccccc2)cc1. The number of benzene rings is 3. The standard InChI is InChI=1S/C28H26N4O3S/c1-3-16-32-26(18-35-24-11-7-8-20(2)17-24)30-31-28(32)36-19-25(33)21-12-14-23(15-13-21)29-27(34)22-9-5-4-6-10-22/h3-15,17H,1,16,18-19H2,2H3,(H,29,34). The lowest BCUT2D eigenvalue weighted by atomic mass is 10.1. The van der Waals surface area contributed by atoms with Gasteiger partial charge in [0.05, 0.1) is 5.75 Å². The Morgan fingerprint density at radius 2 is 1.78 bits per heavy atom. The normalized spacial score (nSPS) is 10.6. The van der Waals surface area contributed by atoms with E-state index in [-0.39, 0.29) is 24.1 Å². The van der Waals surface area contributed by atoms with Crippen molar-refractivity contribution < 1.29 is 14.3 Å². The molecule has 4 aromatic rings. The van der Waals surface area contributed by atoms with Crippen molar-refractivity contribution in [2.75, 3.05) is 11.1 Å². The van der Waals surface area contributed by atoms with Crippen molar-refractivity contribution in [2.45, 2.75) is 25.2 Å². The van der Waals surface area contributed by atoms with E-state index < -0.39 is 0 Å². The fraction of sp³-hybridized carbons (Fsp3) is 0.143. The van der Waals surface area contributed by atoms with Gasteiger partial charge in [-0.3, -0.25) is 14.2 Å². The summed E-state index contributed by atoms with van der Waals surface area (Å²) in [6.07, 6.45) is 1.76. The molecule has 0 radical (unpaired) electrons. The van der Waals surface area contributed by atoms with E-state index in [1.165, 1.54) is 11.8 Å². The third kappa shape index (κ3) is 6.49. The maximum atomic E-state index is 12.8. The molecule has 0 bridgehead atoms. The van der Waals surface area contributed by atoms with Gasteiger partial charge in [-0.2, -0.15) is 0 Å². The van der Waals surface area contributed by atoms with Crippen LogP contribution in [0.1, 0.15) is 32.1 Å². The summed E-state index contributed by atoms with van der Waals surface area (Å²) in [5, 5.41) is 12.0. The van der Waals surface area contributed by atoms with Gasteiger partial charge in [0.2, 0.25) is 0 Å². The van der Waals surface area contributed by atoms with Crippen LogP contribution >= 0.6 is 11.8 Å². The summed E-state index contributed by atoms with van der Waals surface area (Å²) in [4.78, 5) is 25.1. The molecule has 0 saturated carbocycles. The van der Waals surface area contributed by atoms with Gasteiger partial charge in [-0.1, -0.05) is 48.2 Å². The van der Waals surface area contributed by atoms with E-state index in [2.05, 4.69) is 22.1 Å². The number of rotatable bonds is 11. The molecule has 0 spiro atoms. The molecule has 1 N–H and O–H groups in total. The van der Waals surface area contributed by atoms with E-state index >= 15 is 0 Å².